The van der Waals surface area contributed by atoms with E-state index in [2.05, 4.69) is 15.7 Å². The van der Waals surface area contributed by atoms with Gasteiger partial charge in [0.1, 0.15) is 11.3 Å². The lowest BCUT2D eigenvalue weighted by Crippen LogP contribution is -2.28. The normalized spacial score (nSPS) is 11.0. The molecule has 8 nitrogen and oxygen atoms in total. The predicted molar refractivity (Wildman–Crippen MR) is 122 cm³/mol. The second kappa shape index (κ2) is 9.91. The second-order valence-electron chi connectivity index (χ2n) is 8.14. The first-order valence-electron chi connectivity index (χ1n) is 10.2. The molecule has 2 amide bonds. The van der Waals surface area contributed by atoms with E-state index in [1.165, 1.54) is 0 Å². The third-order valence-electron chi connectivity index (χ3n) is 4.38. The number of nitrogens with zero attached hydrogens (tertiary/aromatic N) is 2. The standard InChI is InChI=1S/C24H26N4O4/c1-24(2,3)32-23(31)26-20-11-9-18(10-12-20)22(30)25-13-14-28-15-19(16-29)21(27-28)17-7-5-4-6-8-17/h4-12,15-16H,13-14H2,1-3H3,(H,25,30)(H,26,31). The maximum atomic E-state index is 12.4. The molecule has 0 unspecified atom stereocenters. The van der Waals surface area contributed by atoms with Crippen molar-refractivity contribution in [3.05, 3.63) is 71.9 Å². The molecule has 8 heteroatoms. The number of rotatable bonds is 7. The Morgan fingerprint density at radius 3 is 2.38 bits per heavy atom. The smallest absolute Gasteiger partial charge is 0.412 e. The van der Waals surface area contributed by atoms with E-state index in [4.69, 9.17) is 4.74 Å². The minimum atomic E-state index is -0.590. The number of nitrogens with one attached hydrogen (secondary N) is 2. The molecule has 0 saturated carbocycles. The van der Waals surface area contributed by atoms with Gasteiger partial charge in [0.25, 0.3) is 5.91 Å². The Balaban J connectivity index is 1.53. The van der Waals surface area contributed by atoms with Crippen LogP contribution in [0, 0.1) is 0 Å². The van der Waals surface area contributed by atoms with Crippen LogP contribution in [-0.2, 0) is 11.3 Å². The molecule has 0 saturated heterocycles. The molecule has 1 aromatic heterocycles. The molecule has 0 radical (unpaired) electrons. The van der Waals surface area contributed by atoms with Gasteiger partial charge in [0.15, 0.2) is 6.29 Å². The van der Waals surface area contributed by atoms with Crippen LogP contribution in [0.1, 0.15) is 41.5 Å². The third kappa shape index (κ3) is 6.28. The Morgan fingerprint density at radius 1 is 1.06 bits per heavy atom. The molecule has 0 aliphatic heterocycles. The van der Waals surface area contributed by atoms with Crippen molar-refractivity contribution in [3.8, 4) is 11.3 Å². The van der Waals surface area contributed by atoms with Gasteiger partial charge in [0, 0.05) is 29.6 Å². The van der Waals surface area contributed by atoms with Crippen molar-refractivity contribution in [1.29, 1.82) is 0 Å². The molecule has 0 aliphatic rings. The molecule has 0 fully saturated rings. The number of benzene rings is 2. The van der Waals surface area contributed by atoms with Crippen LogP contribution < -0.4 is 10.6 Å². The highest BCUT2D eigenvalue weighted by molar-refractivity contribution is 5.95. The lowest BCUT2D eigenvalue weighted by Gasteiger charge is -2.19. The highest BCUT2D eigenvalue weighted by Gasteiger charge is 2.16. The number of carbonyl (C=O) groups is 3. The SMILES string of the molecule is CC(C)(C)OC(=O)Nc1ccc(C(=O)NCCn2cc(C=O)c(-c3ccccc3)n2)cc1. The van der Waals surface area contributed by atoms with Crippen LogP contribution in [0.2, 0.25) is 0 Å². The average molecular weight is 434 g/mol. The summed E-state index contributed by atoms with van der Waals surface area (Å²) in [6, 6.07) is 16.0. The van der Waals surface area contributed by atoms with Crippen molar-refractivity contribution in [3.63, 3.8) is 0 Å². The van der Waals surface area contributed by atoms with Crippen molar-refractivity contribution in [2.75, 3.05) is 11.9 Å². The number of carbonyl (C=O) groups excluding carboxylic acids is 3. The van der Waals surface area contributed by atoms with Crippen LogP contribution in [-0.4, -0.2) is 40.2 Å². The highest BCUT2D eigenvalue weighted by Crippen LogP contribution is 2.20. The maximum Gasteiger partial charge on any atom is 0.412 e. The molecule has 2 N–H and O–H groups in total. The number of ether oxygens (including phenoxy) is 1. The molecular formula is C24H26N4O4. The lowest BCUT2D eigenvalue weighted by molar-refractivity contribution is 0.0635. The minimum Gasteiger partial charge on any atom is -0.444 e. The van der Waals surface area contributed by atoms with Gasteiger partial charge in [-0.25, -0.2) is 4.79 Å². The van der Waals surface area contributed by atoms with Gasteiger partial charge in [-0.3, -0.25) is 19.6 Å². The van der Waals surface area contributed by atoms with Crippen molar-refractivity contribution >= 4 is 24.0 Å². The summed E-state index contributed by atoms with van der Waals surface area (Å²) in [6.07, 6.45) is 1.88. The summed E-state index contributed by atoms with van der Waals surface area (Å²) >= 11 is 0. The minimum absolute atomic E-state index is 0.250. The van der Waals surface area contributed by atoms with E-state index < -0.39 is 11.7 Å². The van der Waals surface area contributed by atoms with Crippen LogP contribution in [0.3, 0.4) is 0 Å². The fraction of sp³-hybridized carbons (Fsp3) is 0.250. The zero-order chi connectivity index (χ0) is 23.1. The molecule has 3 aromatic rings. The van der Waals surface area contributed by atoms with Crippen molar-refractivity contribution in [1.82, 2.24) is 15.1 Å². The lowest BCUT2D eigenvalue weighted by atomic mass is 10.1. The third-order valence-corrected chi connectivity index (χ3v) is 4.38. The monoisotopic (exact) mass is 434 g/mol. The van der Waals surface area contributed by atoms with Crippen molar-refractivity contribution in [2.45, 2.75) is 32.9 Å². The molecule has 2 aromatic carbocycles. The average Bonchev–Trinajstić information content (AvgIpc) is 3.16. The van der Waals surface area contributed by atoms with E-state index in [1.807, 2.05) is 30.3 Å². The van der Waals surface area contributed by atoms with Gasteiger partial charge in [0.05, 0.1) is 12.1 Å². The molecule has 166 valence electrons. The van der Waals surface area contributed by atoms with Gasteiger partial charge in [-0.05, 0) is 45.0 Å². The fourth-order valence-electron chi connectivity index (χ4n) is 2.97. The summed E-state index contributed by atoms with van der Waals surface area (Å²) in [5.41, 5.74) is 2.36. The zero-order valence-electron chi connectivity index (χ0n) is 18.3. The first-order valence-corrected chi connectivity index (χ1v) is 10.2. The van der Waals surface area contributed by atoms with Crippen molar-refractivity contribution < 1.29 is 19.1 Å². The number of aromatic nitrogens is 2. The first-order chi connectivity index (χ1) is 15.2. The second-order valence-corrected chi connectivity index (χ2v) is 8.14. The summed E-state index contributed by atoms with van der Waals surface area (Å²) in [6.45, 7) is 6.10. The summed E-state index contributed by atoms with van der Waals surface area (Å²) in [5, 5.41) is 9.92. The Labute approximate surface area is 186 Å². The summed E-state index contributed by atoms with van der Waals surface area (Å²) < 4.78 is 6.84. The first kappa shape index (κ1) is 22.7. The predicted octanol–water partition coefficient (Wildman–Crippen LogP) is 4.14. The largest absolute Gasteiger partial charge is 0.444 e. The maximum absolute atomic E-state index is 12.4. The van der Waals surface area contributed by atoms with Crippen LogP contribution in [0.25, 0.3) is 11.3 Å². The highest BCUT2D eigenvalue weighted by atomic mass is 16.6. The summed E-state index contributed by atoms with van der Waals surface area (Å²) in [7, 11) is 0. The summed E-state index contributed by atoms with van der Waals surface area (Å²) in [4.78, 5) is 35.6. The van der Waals surface area contributed by atoms with E-state index in [-0.39, 0.29) is 5.91 Å². The fourth-order valence-corrected chi connectivity index (χ4v) is 2.97. The van der Waals surface area contributed by atoms with Crippen LogP contribution >= 0.6 is 0 Å². The van der Waals surface area contributed by atoms with Gasteiger partial charge in [-0.1, -0.05) is 30.3 Å². The van der Waals surface area contributed by atoms with Gasteiger partial charge in [-0.15, -0.1) is 0 Å². The number of aldehydes is 1. The zero-order valence-corrected chi connectivity index (χ0v) is 18.3. The quantitative estimate of drug-likeness (QED) is 0.544. The molecule has 0 bridgehead atoms. The number of hydrogen-bond donors (Lipinski definition) is 2. The Kier molecular flexibility index (Phi) is 7.04. The van der Waals surface area contributed by atoms with Gasteiger partial charge in [0.2, 0.25) is 0 Å². The van der Waals surface area contributed by atoms with Crippen LogP contribution in [0.15, 0.2) is 60.8 Å². The molecular weight excluding hydrogens is 408 g/mol. The van der Waals surface area contributed by atoms with E-state index >= 15 is 0 Å². The van der Waals surface area contributed by atoms with E-state index in [0.29, 0.717) is 35.6 Å². The Hall–Kier alpha value is -3.94. The van der Waals surface area contributed by atoms with Gasteiger partial charge >= 0.3 is 6.09 Å². The molecule has 3 rings (SSSR count). The van der Waals surface area contributed by atoms with E-state index in [9.17, 15) is 14.4 Å². The van der Waals surface area contributed by atoms with Crippen molar-refractivity contribution in [2.24, 2.45) is 0 Å². The number of hydrogen-bond acceptors (Lipinski definition) is 5. The molecule has 0 aliphatic carbocycles. The molecule has 1 heterocycles. The van der Waals surface area contributed by atoms with Crippen LogP contribution in [0.4, 0.5) is 10.5 Å². The summed E-state index contributed by atoms with van der Waals surface area (Å²) in [5.74, 6) is -0.250. The van der Waals surface area contributed by atoms with Crippen LogP contribution in [0.5, 0.6) is 0 Å². The van der Waals surface area contributed by atoms with Gasteiger partial charge < -0.3 is 10.1 Å². The Morgan fingerprint density at radius 2 is 1.75 bits per heavy atom. The number of anilines is 1. The van der Waals surface area contributed by atoms with E-state index in [1.54, 1.807) is 55.9 Å². The Bertz CT molecular complexity index is 1080. The molecule has 0 atom stereocenters. The van der Waals surface area contributed by atoms with E-state index in [0.717, 1.165) is 11.8 Å². The molecule has 0 spiro atoms. The van der Waals surface area contributed by atoms with Gasteiger partial charge in [-0.2, -0.15) is 5.10 Å². The molecule has 32 heavy (non-hydrogen) atoms. The topological polar surface area (TPSA) is 102 Å². The number of amides is 2.